The molecule has 5 nitrogen and oxygen atoms in total. The van der Waals surface area contributed by atoms with Crippen molar-refractivity contribution in [3.8, 4) is 0 Å². The fourth-order valence-electron chi connectivity index (χ4n) is 2.31. The first-order valence-corrected chi connectivity index (χ1v) is 8.16. The first-order chi connectivity index (χ1) is 9.35. The van der Waals surface area contributed by atoms with Crippen molar-refractivity contribution in [1.82, 2.24) is 4.90 Å². The summed E-state index contributed by atoms with van der Waals surface area (Å²) in [6, 6.07) is -0.752. The van der Waals surface area contributed by atoms with Crippen LogP contribution in [0.15, 0.2) is 4.99 Å². The van der Waals surface area contributed by atoms with E-state index < -0.39 is 23.3 Å². The Bertz CT molecular complexity index is 415. The molecule has 0 radical (unpaired) electrons. The summed E-state index contributed by atoms with van der Waals surface area (Å²) in [5, 5.41) is 12.2. The van der Waals surface area contributed by atoms with Crippen LogP contribution in [-0.4, -0.2) is 41.3 Å². The van der Waals surface area contributed by atoms with Gasteiger partial charge >= 0.3 is 35.6 Å². The van der Waals surface area contributed by atoms with Gasteiger partial charge in [-0.1, -0.05) is 27.2 Å². The quantitative estimate of drug-likeness (QED) is 0.441. The summed E-state index contributed by atoms with van der Waals surface area (Å²) < 4.78 is 0. The van der Waals surface area contributed by atoms with E-state index in [2.05, 4.69) is 11.9 Å². The summed E-state index contributed by atoms with van der Waals surface area (Å²) in [5.41, 5.74) is -1.16. The minimum atomic E-state index is -1.16. The SMILES string of the molecule is CCCCSCC1(CC(C)C)C(=O)N(C)C(=O)N=C1[O-].[Na+]. The third-order valence-corrected chi connectivity index (χ3v) is 4.63. The van der Waals surface area contributed by atoms with Gasteiger partial charge in [0.2, 0.25) is 5.91 Å². The van der Waals surface area contributed by atoms with Crippen LogP contribution < -0.4 is 34.7 Å². The number of aliphatic imine (C=N–C) groups is 1. The van der Waals surface area contributed by atoms with Gasteiger partial charge in [0.1, 0.15) is 0 Å². The number of nitrogens with zero attached hydrogens (tertiary/aromatic N) is 2. The van der Waals surface area contributed by atoms with E-state index in [1.807, 2.05) is 13.8 Å². The maximum absolute atomic E-state index is 12.5. The van der Waals surface area contributed by atoms with Gasteiger partial charge in [-0.25, -0.2) is 9.79 Å². The van der Waals surface area contributed by atoms with Crippen molar-refractivity contribution in [3.05, 3.63) is 0 Å². The standard InChI is InChI=1S/C14H24N2O3S.Na/c1-5-6-7-20-9-14(8-10(2)3)11(17)15-13(19)16(4)12(14)18;/h10H,5-9H2,1-4H3,(H,15,17,19);/q;+1/p-1. The minimum absolute atomic E-state index is 0. The maximum Gasteiger partial charge on any atom is 1.00 e. The van der Waals surface area contributed by atoms with E-state index in [-0.39, 0.29) is 35.5 Å². The van der Waals surface area contributed by atoms with E-state index in [4.69, 9.17) is 0 Å². The van der Waals surface area contributed by atoms with Crippen LogP contribution in [0.4, 0.5) is 4.79 Å². The summed E-state index contributed by atoms with van der Waals surface area (Å²) in [7, 11) is 1.40. The number of carbonyl (C=O) groups is 2. The van der Waals surface area contributed by atoms with E-state index >= 15 is 0 Å². The number of rotatable bonds is 7. The second-order valence-corrected chi connectivity index (χ2v) is 6.76. The Morgan fingerprint density at radius 2 is 2.00 bits per heavy atom. The monoisotopic (exact) mass is 322 g/mol. The molecule has 0 N–H and O–H groups in total. The summed E-state index contributed by atoms with van der Waals surface area (Å²) >= 11 is 1.60. The van der Waals surface area contributed by atoms with Crippen molar-refractivity contribution in [2.75, 3.05) is 18.6 Å². The number of unbranched alkanes of at least 4 members (excludes halogenated alkanes) is 1. The number of amides is 3. The van der Waals surface area contributed by atoms with E-state index in [0.29, 0.717) is 12.2 Å². The Balaban J connectivity index is 0.00000400. The summed E-state index contributed by atoms with van der Waals surface area (Å²) in [6.07, 6.45) is 2.57. The van der Waals surface area contributed by atoms with Gasteiger partial charge in [0.25, 0.3) is 0 Å². The summed E-state index contributed by atoms with van der Waals surface area (Å²) in [4.78, 5) is 28.5. The molecule has 1 unspecified atom stereocenters. The molecule has 114 valence electrons. The van der Waals surface area contributed by atoms with E-state index in [1.54, 1.807) is 11.8 Å². The molecule has 0 aromatic carbocycles. The molecule has 1 rings (SSSR count). The molecule has 0 fully saturated rings. The van der Waals surface area contributed by atoms with Crippen LogP contribution in [-0.2, 0) is 4.79 Å². The molecular weight excluding hydrogens is 299 g/mol. The van der Waals surface area contributed by atoms with Crippen LogP contribution in [0.2, 0.25) is 0 Å². The van der Waals surface area contributed by atoms with Crippen LogP contribution in [0.5, 0.6) is 0 Å². The zero-order valence-corrected chi connectivity index (χ0v) is 16.5. The first-order valence-electron chi connectivity index (χ1n) is 7.01. The number of thioether (sulfide) groups is 1. The van der Waals surface area contributed by atoms with Crippen LogP contribution in [0.25, 0.3) is 0 Å². The van der Waals surface area contributed by atoms with Crippen LogP contribution in [0, 0.1) is 11.3 Å². The topological polar surface area (TPSA) is 72.8 Å². The Morgan fingerprint density at radius 1 is 1.38 bits per heavy atom. The average molecular weight is 322 g/mol. The van der Waals surface area contributed by atoms with Crippen molar-refractivity contribution in [3.63, 3.8) is 0 Å². The molecule has 0 aromatic heterocycles. The molecule has 1 heterocycles. The zero-order valence-electron chi connectivity index (χ0n) is 13.6. The number of hydrogen-bond donors (Lipinski definition) is 0. The third kappa shape index (κ3) is 4.98. The van der Waals surface area contributed by atoms with Crippen molar-refractivity contribution in [2.24, 2.45) is 16.3 Å². The van der Waals surface area contributed by atoms with E-state index in [1.165, 1.54) is 7.05 Å². The van der Waals surface area contributed by atoms with Gasteiger partial charge in [-0.3, -0.25) is 9.69 Å². The predicted octanol–water partition coefficient (Wildman–Crippen LogP) is -1.09. The van der Waals surface area contributed by atoms with Gasteiger partial charge < -0.3 is 5.11 Å². The molecule has 0 aromatic rings. The molecule has 0 spiro atoms. The number of carbonyl (C=O) groups excluding carboxylic acids is 2. The molecule has 0 bridgehead atoms. The Hall–Kier alpha value is -0.0400. The van der Waals surface area contributed by atoms with Gasteiger partial charge in [-0.2, -0.15) is 11.8 Å². The Kier molecular flexibility index (Phi) is 9.16. The van der Waals surface area contributed by atoms with Crippen molar-refractivity contribution in [1.29, 1.82) is 0 Å². The number of imide groups is 1. The molecular formula is C14H23N2NaO3S. The maximum atomic E-state index is 12.5. The molecule has 1 atom stereocenters. The number of hydrogen-bond acceptors (Lipinski definition) is 4. The normalized spacial score (nSPS) is 22.3. The molecule has 3 amide bonds. The predicted molar refractivity (Wildman–Crippen MR) is 79.7 cm³/mol. The van der Waals surface area contributed by atoms with Crippen LogP contribution in [0.3, 0.4) is 0 Å². The van der Waals surface area contributed by atoms with Crippen molar-refractivity contribution >= 4 is 29.6 Å². The second kappa shape index (κ2) is 9.18. The zero-order chi connectivity index (χ0) is 15.3. The van der Waals surface area contributed by atoms with Gasteiger partial charge in [-0.05, 0) is 30.4 Å². The molecule has 7 heteroatoms. The third-order valence-electron chi connectivity index (χ3n) is 3.35. The second-order valence-electron chi connectivity index (χ2n) is 5.65. The average Bonchev–Trinajstić information content (AvgIpc) is 2.38. The molecule has 1 aliphatic rings. The first kappa shape index (κ1) is 21.0. The van der Waals surface area contributed by atoms with Gasteiger partial charge in [0.15, 0.2) is 0 Å². The van der Waals surface area contributed by atoms with E-state index in [0.717, 1.165) is 23.5 Å². The van der Waals surface area contributed by atoms with Gasteiger partial charge in [-0.15, -0.1) is 0 Å². The fraction of sp³-hybridized carbons (Fsp3) is 0.786. The molecule has 21 heavy (non-hydrogen) atoms. The van der Waals surface area contributed by atoms with E-state index in [9.17, 15) is 14.7 Å². The Morgan fingerprint density at radius 3 is 2.52 bits per heavy atom. The van der Waals surface area contributed by atoms with Gasteiger partial charge in [0, 0.05) is 12.8 Å². The number of urea groups is 1. The molecule has 0 aliphatic carbocycles. The summed E-state index contributed by atoms with van der Waals surface area (Å²) in [5.74, 6) is 0.536. The fourth-order valence-corrected chi connectivity index (χ4v) is 3.67. The van der Waals surface area contributed by atoms with Crippen LogP contribution in [0.1, 0.15) is 40.0 Å². The molecule has 1 aliphatic heterocycles. The van der Waals surface area contributed by atoms with Crippen LogP contribution >= 0.6 is 11.8 Å². The summed E-state index contributed by atoms with van der Waals surface area (Å²) in [6.45, 7) is 6.04. The Labute approximate surface area is 153 Å². The minimum Gasteiger partial charge on any atom is -0.861 e. The van der Waals surface area contributed by atoms with Gasteiger partial charge in [0.05, 0.1) is 5.41 Å². The smallest absolute Gasteiger partial charge is 0.861 e. The van der Waals surface area contributed by atoms with Crippen molar-refractivity contribution < 1.29 is 44.3 Å². The molecule has 0 saturated heterocycles. The largest absolute Gasteiger partial charge is 1.00 e. The van der Waals surface area contributed by atoms with Crippen molar-refractivity contribution in [2.45, 2.75) is 40.0 Å². The molecule has 0 saturated carbocycles.